The minimum Gasteiger partial charge on any atom is -0.409 e. The lowest BCUT2D eigenvalue weighted by Crippen LogP contribution is -2.29. The van der Waals surface area contributed by atoms with E-state index >= 15 is 0 Å². The topological polar surface area (TPSA) is 123 Å². The summed E-state index contributed by atoms with van der Waals surface area (Å²) < 4.78 is 27.0. The molecule has 1 rings (SSSR count). The van der Waals surface area contributed by atoms with Crippen molar-refractivity contribution in [2.75, 3.05) is 6.54 Å². The van der Waals surface area contributed by atoms with Gasteiger partial charge < -0.3 is 10.9 Å². The van der Waals surface area contributed by atoms with Gasteiger partial charge >= 0.3 is 0 Å². The van der Waals surface area contributed by atoms with Gasteiger partial charge in [0.25, 0.3) is 10.0 Å². The largest absolute Gasteiger partial charge is 0.409 e. The van der Waals surface area contributed by atoms with Gasteiger partial charge in [0.1, 0.15) is 5.84 Å². The summed E-state index contributed by atoms with van der Waals surface area (Å²) in [6.45, 7) is -0.000262. The Morgan fingerprint density at radius 3 is 2.88 bits per heavy atom. The van der Waals surface area contributed by atoms with Crippen LogP contribution in [0.25, 0.3) is 0 Å². The van der Waals surface area contributed by atoms with Crippen LogP contribution in [0.2, 0.25) is 5.02 Å². The van der Waals surface area contributed by atoms with E-state index in [0.29, 0.717) is 0 Å². The highest BCUT2D eigenvalue weighted by Gasteiger charge is 2.22. The van der Waals surface area contributed by atoms with Crippen LogP contribution in [0.4, 0.5) is 0 Å². The summed E-state index contributed by atoms with van der Waals surface area (Å²) in [7, 11) is -2.29. The molecule has 1 heterocycles. The van der Waals surface area contributed by atoms with Crippen LogP contribution in [0.3, 0.4) is 0 Å². The molecule has 17 heavy (non-hydrogen) atoms. The predicted octanol–water partition coefficient (Wildman–Crippen LogP) is -0.512. The van der Waals surface area contributed by atoms with Gasteiger partial charge in [-0.05, 0) is 0 Å². The molecule has 0 fully saturated rings. The van der Waals surface area contributed by atoms with Crippen LogP contribution in [0, 0.1) is 0 Å². The van der Waals surface area contributed by atoms with Crippen molar-refractivity contribution in [2.24, 2.45) is 17.9 Å². The molecule has 0 unspecified atom stereocenters. The molecular formula is C7H12ClN5O3S. The third-order valence-corrected chi connectivity index (χ3v) is 3.86. The number of amidine groups is 1. The van der Waals surface area contributed by atoms with Crippen LogP contribution >= 0.6 is 11.6 Å². The third kappa shape index (κ3) is 3.32. The fraction of sp³-hybridized carbons (Fsp3) is 0.429. The molecule has 0 saturated carbocycles. The first-order chi connectivity index (χ1) is 7.88. The van der Waals surface area contributed by atoms with E-state index in [1.54, 1.807) is 0 Å². The number of rotatable bonds is 5. The summed E-state index contributed by atoms with van der Waals surface area (Å²) in [4.78, 5) is 0. The molecule has 0 saturated heterocycles. The molecule has 1 aromatic rings. The first-order valence-electron chi connectivity index (χ1n) is 4.52. The highest BCUT2D eigenvalue weighted by Crippen LogP contribution is 2.19. The van der Waals surface area contributed by atoms with Crippen LogP contribution in [-0.4, -0.2) is 35.8 Å². The van der Waals surface area contributed by atoms with Gasteiger partial charge in [-0.3, -0.25) is 4.68 Å². The van der Waals surface area contributed by atoms with E-state index in [2.05, 4.69) is 15.0 Å². The number of aryl methyl sites for hydroxylation is 1. The molecule has 8 nitrogen and oxygen atoms in total. The monoisotopic (exact) mass is 281 g/mol. The SMILES string of the molecule is Cn1ncc(Cl)c1S(=O)(=O)NCCC(N)=NO. The second-order valence-electron chi connectivity index (χ2n) is 3.16. The van der Waals surface area contributed by atoms with Gasteiger partial charge in [0.2, 0.25) is 0 Å². The van der Waals surface area contributed by atoms with Crippen molar-refractivity contribution in [2.45, 2.75) is 11.4 Å². The fourth-order valence-corrected chi connectivity index (χ4v) is 2.82. The maximum absolute atomic E-state index is 11.8. The van der Waals surface area contributed by atoms with E-state index in [0.717, 1.165) is 4.68 Å². The van der Waals surface area contributed by atoms with Gasteiger partial charge in [0.15, 0.2) is 5.03 Å². The zero-order chi connectivity index (χ0) is 13.1. The Morgan fingerprint density at radius 2 is 2.41 bits per heavy atom. The molecule has 1 aromatic heterocycles. The van der Waals surface area contributed by atoms with Crippen molar-refractivity contribution in [1.29, 1.82) is 0 Å². The normalized spacial score (nSPS) is 12.9. The summed E-state index contributed by atoms with van der Waals surface area (Å²) in [6, 6.07) is 0. The molecule has 0 atom stereocenters. The summed E-state index contributed by atoms with van der Waals surface area (Å²) in [5.74, 6) is -0.0659. The molecule has 0 aliphatic heterocycles. The number of halogens is 1. The smallest absolute Gasteiger partial charge is 0.259 e. The van der Waals surface area contributed by atoms with Crippen LogP contribution < -0.4 is 10.5 Å². The number of sulfonamides is 1. The Morgan fingerprint density at radius 1 is 1.76 bits per heavy atom. The molecule has 96 valence electrons. The first kappa shape index (κ1) is 13.7. The average Bonchev–Trinajstić information content (AvgIpc) is 2.58. The second kappa shape index (κ2) is 5.34. The average molecular weight is 282 g/mol. The summed E-state index contributed by atoms with van der Waals surface area (Å²) >= 11 is 5.71. The van der Waals surface area contributed by atoms with Gasteiger partial charge in [-0.2, -0.15) is 5.10 Å². The second-order valence-corrected chi connectivity index (χ2v) is 5.25. The minimum atomic E-state index is -3.76. The van der Waals surface area contributed by atoms with Crippen LogP contribution in [0.15, 0.2) is 16.4 Å². The molecule has 0 aliphatic carbocycles. The maximum Gasteiger partial charge on any atom is 0.259 e. The number of oxime groups is 1. The lowest BCUT2D eigenvalue weighted by molar-refractivity contribution is 0.317. The molecule has 10 heteroatoms. The van der Waals surface area contributed by atoms with E-state index in [-0.39, 0.29) is 28.8 Å². The standard InChI is InChI=1S/C7H12ClN5O3S/c1-13-7(5(8)4-10-13)17(15,16)11-3-2-6(9)12-14/h4,11,14H,2-3H2,1H3,(H2,9,12). The number of hydrogen-bond donors (Lipinski definition) is 3. The van der Waals surface area contributed by atoms with E-state index in [1.165, 1.54) is 13.2 Å². The van der Waals surface area contributed by atoms with Gasteiger partial charge in [-0.15, -0.1) is 0 Å². The number of aromatic nitrogens is 2. The van der Waals surface area contributed by atoms with Crippen molar-refractivity contribution in [3.63, 3.8) is 0 Å². The molecule has 0 bridgehead atoms. The summed E-state index contributed by atoms with van der Waals surface area (Å²) in [6.07, 6.45) is 1.32. The zero-order valence-corrected chi connectivity index (χ0v) is 10.5. The predicted molar refractivity (Wildman–Crippen MR) is 61.4 cm³/mol. The van der Waals surface area contributed by atoms with Gasteiger partial charge in [0, 0.05) is 20.0 Å². The van der Waals surface area contributed by atoms with E-state index in [4.69, 9.17) is 22.5 Å². The van der Waals surface area contributed by atoms with E-state index in [1.807, 2.05) is 0 Å². The minimum absolute atomic E-state index is 0.000262. The number of nitrogens with two attached hydrogens (primary N) is 1. The van der Waals surface area contributed by atoms with E-state index in [9.17, 15) is 8.42 Å². The van der Waals surface area contributed by atoms with Crippen molar-refractivity contribution >= 4 is 27.5 Å². The van der Waals surface area contributed by atoms with Gasteiger partial charge in [-0.25, -0.2) is 13.1 Å². The van der Waals surface area contributed by atoms with Crippen molar-refractivity contribution in [3.05, 3.63) is 11.2 Å². The number of nitrogens with one attached hydrogen (secondary N) is 1. The maximum atomic E-state index is 11.8. The van der Waals surface area contributed by atoms with E-state index < -0.39 is 10.0 Å². The first-order valence-corrected chi connectivity index (χ1v) is 6.38. The van der Waals surface area contributed by atoms with Crippen LogP contribution in [0.5, 0.6) is 0 Å². The molecule has 0 amide bonds. The number of hydrogen-bond acceptors (Lipinski definition) is 5. The fourth-order valence-electron chi connectivity index (χ4n) is 1.13. The Kier molecular flexibility index (Phi) is 4.32. The summed E-state index contributed by atoms with van der Waals surface area (Å²) in [5.41, 5.74) is 5.20. The number of nitrogens with zero attached hydrogens (tertiary/aromatic N) is 3. The molecule has 0 spiro atoms. The van der Waals surface area contributed by atoms with Gasteiger partial charge in [0.05, 0.1) is 11.2 Å². The molecule has 0 radical (unpaired) electrons. The van der Waals surface area contributed by atoms with Crippen molar-refractivity contribution in [3.8, 4) is 0 Å². The molecule has 0 aliphatic rings. The van der Waals surface area contributed by atoms with Crippen molar-refractivity contribution < 1.29 is 13.6 Å². The third-order valence-electron chi connectivity index (χ3n) is 1.90. The Hall–Kier alpha value is -1.32. The van der Waals surface area contributed by atoms with Crippen molar-refractivity contribution in [1.82, 2.24) is 14.5 Å². The Labute approximate surface area is 103 Å². The summed E-state index contributed by atoms with van der Waals surface area (Å²) in [5, 5.41) is 14.6. The van der Waals surface area contributed by atoms with Crippen LogP contribution in [-0.2, 0) is 17.1 Å². The molecule has 4 N–H and O–H groups in total. The lowest BCUT2D eigenvalue weighted by atomic mass is 10.4. The van der Waals surface area contributed by atoms with Gasteiger partial charge in [-0.1, -0.05) is 16.8 Å². The highest BCUT2D eigenvalue weighted by molar-refractivity contribution is 7.89. The Balaban J connectivity index is 2.77. The molecule has 0 aromatic carbocycles. The Bertz CT molecular complexity index is 504. The lowest BCUT2D eigenvalue weighted by Gasteiger charge is -2.06. The zero-order valence-electron chi connectivity index (χ0n) is 8.96. The molecular weight excluding hydrogens is 270 g/mol. The van der Waals surface area contributed by atoms with Crippen LogP contribution in [0.1, 0.15) is 6.42 Å². The highest BCUT2D eigenvalue weighted by atomic mass is 35.5. The quantitative estimate of drug-likeness (QED) is 0.290.